The number of halogens is 3. The fourth-order valence-electron chi connectivity index (χ4n) is 3.00. The lowest BCUT2D eigenvalue weighted by Gasteiger charge is -2.07. The van der Waals surface area contributed by atoms with E-state index in [0.29, 0.717) is 32.8 Å². The first-order valence-electron chi connectivity index (χ1n) is 9.39. The third-order valence-corrected chi connectivity index (χ3v) is 5.56. The molecule has 1 amide bonds. The van der Waals surface area contributed by atoms with Gasteiger partial charge in [0.1, 0.15) is 5.82 Å². The Kier molecular flexibility index (Phi) is 5.76. The first-order chi connectivity index (χ1) is 14.8. The van der Waals surface area contributed by atoms with E-state index < -0.39 is 5.91 Å². The largest absolute Gasteiger partial charge is 0.319 e. The van der Waals surface area contributed by atoms with E-state index in [1.807, 2.05) is 32.0 Å². The van der Waals surface area contributed by atoms with Crippen LogP contribution in [0.4, 0.5) is 10.1 Å². The van der Waals surface area contributed by atoms with Gasteiger partial charge >= 0.3 is 0 Å². The van der Waals surface area contributed by atoms with Crippen LogP contribution in [-0.4, -0.2) is 20.7 Å². The predicted molar refractivity (Wildman–Crippen MR) is 121 cm³/mol. The number of benzene rings is 3. The quantitative estimate of drug-likeness (QED) is 0.396. The SMILES string of the molecule is Cc1ccc(NC(=O)c2nc(-c3ccc(F)cc3)n(-c3ccc(Cl)c(Cl)c3)n2)cc1C. The van der Waals surface area contributed by atoms with Crippen molar-refractivity contribution in [2.75, 3.05) is 5.32 Å². The molecule has 1 N–H and O–H groups in total. The number of carbonyl (C=O) groups is 1. The molecule has 156 valence electrons. The minimum Gasteiger partial charge on any atom is -0.319 e. The first kappa shape index (κ1) is 21.0. The predicted octanol–water partition coefficient (Wildman–Crippen LogP) is 6.25. The number of hydrogen-bond acceptors (Lipinski definition) is 3. The van der Waals surface area contributed by atoms with Crippen molar-refractivity contribution in [3.63, 3.8) is 0 Å². The summed E-state index contributed by atoms with van der Waals surface area (Å²) in [6.45, 7) is 3.96. The molecule has 0 aliphatic heterocycles. The van der Waals surface area contributed by atoms with Gasteiger partial charge in [-0.05, 0) is 79.6 Å². The van der Waals surface area contributed by atoms with Crippen molar-refractivity contribution in [3.05, 3.63) is 93.5 Å². The molecule has 1 aromatic heterocycles. The molecule has 0 atom stereocenters. The molecule has 0 bridgehead atoms. The summed E-state index contributed by atoms with van der Waals surface area (Å²) in [7, 11) is 0. The van der Waals surface area contributed by atoms with Crippen LogP contribution in [-0.2, 0) is 0 Å². The molecule has 3 aromatic carbocycles. The third-order valence-electron chi connectivity index (χ3n) is 4.83. The van der Waals surface area contributed by atoms with Gasteiger partial charge in [0.15, 0.2) is 5.82 Å². The van der Waals surface area contributed by atoms with E-state index in [2.05, 4.69) is 15.4 Å². The van der Waals surface area contributed by atoms with E-state index in [1.54, 1.807) is 30.3 Å². The minimum absolute atomic E-state index is 0.0383. The third kappa shape index (κ3) is 4.45. The lowest BCUT2D eigenvalue weighted by molar-refractivity contribution is 0.101. The van der Waals surface area contributed by atoms with Crippen molar-refractivity contribution >= 4 is 34.8 Å². The normalized spacial score (nSPS) is 10.9. The summed E-state index contributed by atoms with van der Waals surface area (Å²) in [6.07, 6.45) is 0. The average Bonchev–Trinajstić information content (AvgIpc) is 3.19. The monoisotopic (exact) mass is 454 g/mol. The van der Waals surface area contributed by atoms with E-state index in [0.717, 1.165) is 11.1 Å². The number of carbonyl (C=O) groups excluding carboxylic acids is 1. The van der Waals surface area contributed by atoms with Crippen molar-refractivity contribution in [1.29, 1.82) is 0 Å². The Morgan fingerprint density at radius 3 is 2.35 bits per heavy atom. The summed E-state index contributed by atoms with van der Waals surface area (Å²) in [6, 6.07) is 16.4. The summed E-state index contributed by atoms with van der Waals surface area (Å²) in [5.74, 6) is -0.519. The molecule has 5 nitrogen and oxygen atoms in total. The van der Waals surface area contributed by atoms with Crippen molar-refractivity contribution in [2.45, 2.75) is 13.8 Å². The molecule has 1 heterocycles. The molecule has 4 aromatic rings. The molecule has 0 spiro atoms. The maximum atomic E-state index is 13.4. The molecule has 0 fully saturated rings. The minimum atomic E-state index is -0.467. The molecule has 0 aliphatic carbocycles. The van der Waals surface area contributed by atoms with Crippen LogP contribution in [0.5, 0.6) is 0 Å². The zero-order valence-corrected chi connectivity index (χ0v) is 18.2. The number of aromatic nitrogens is 3. The number of anilines is 1. The van der Waals surface area contributed by atoms with Gasteiger partial charge in [-0.3, -0.25) is 4.79 Å². The van der Waals surface area contributed by atoms with Gasteiger partial charge in [0.2, 0.25) is 5.82 Å². The van der Waals surface area contributed by atoms with Gasteiger partial charge in [-0.2, -0.15) is 0 Å². The van der Waals surface area contributed by atoms with Crippen LogP contribution in [0.2, 0.25) is 10.0 Å². The molecule has 4 rings (SSSR count). The van der Waals surface area contributed by atoms with Gasteiger partial charge in [-0.1, -0.05) is 29.3 Å². The number of nitrogens with zero attached hydrogens (tertiary/aromatic N) is 3. The van der Waals surface area contributed by atoms with E-state index in [-0.39, 0.29) is 11.6 Å². The van der Waals surface area contributed by atoms with Gasteiger partial charge in [-0.25, -0.2) is 14.1 Å². The zero-order valence-electron chi connectivity index (χ0n) is 16.7. The highest BCUT2D eigenvalue weighted by atomic mass is 35.5. The van der Waals surface area contributed by atoms with Gasteiger partial charge in [0.05, 0.1) is 15.7 Å². The Hall–Kier alpha value is -3.22. The number of hydrogen-bond donors (Lipinski definition) is 1. The summed E-state index contributed by atoms with van der Waals surface area (Å²) in [4.78, 5) is 17.3. The molecule has 0 saturated heterocycles. The highest BCUT2D eigenvalue weighted by Crippen LogP contribution is 2.27. The van der Waals surface area contributed by atoms with Crippen molar-refractivity contribution in [3.8, 4) is 17.1 Å². The fourth-order valence-corrected chi connectivity index (χ4v) is 3.29. The molecule has 0 aliphatic rings. The zero-order chi connectivity index (χ0) is 22.1. The summed E-state index contributed by atoms with van der Waals surface area (Å²) in [5, 5.41) is 7.92. The Balaban J connectivity index is 1.76. The Morgan fingerprint density at radius 1 is 0.935 bits per heavy atom. The van der Waals surface area contributed by atoms with Crippen LogP contribution in [0.25, 0.3) is 17.1 Å². The summed E-state index contributed by atoms with van der Waals surface area (Å²) >= 11 is 12.2. The lowest BCUT2D eigenvalue weighted by atomic mass is 10.1. The number of amides is 1. The number of aryl methyl sites for hydroxylation is 2. The maximum absolute atomic E-state index is 13.4. The van der Waals surface area contributed by atoms with Crippen LogP contribution in [0.3, 0.4) is 0 Å². The van der Waals surface area contributed by atoms with Crippen LogP contribution >= 0.6 is 23.2 Å². The Labute approximate surface area is 188 Å². The summed E-state index contributed by atoms with van der Waals surface area (Å²) in [5.41, 5.74) is 3.97. The molecular formula is C23H17Cl2FN4O. The van der Waals surface area contributed by atoms with Gasteiger partial charge in [0, 0.05) is 11.3 Å². The van der Waals surface area contributed by atoms with E-state index in [9.17, 15) is 9.18 Å². The standard InChI is InChI=1S/C23H17Cl2FN4O/c1-13-3-8-17(11-14(13)2)27-23(31)21-28-22(15-4-6-16(26)7-5-15)30(29-21)18-9-10-19(24)20(25)12-18/h3-12H,1-2H3,(H,27,31). The molecule has 0 saturated carbocycles. The first-order valence-corrected chi connectivity index (χ1v) is 10.1. The van der Waals surface area contributed by atoms with Crippen molar-refractivity contribution in [2.24, 2.45) is 0 Å². The van der Waals surface area contributed by atoms with Crippen LogP contribution in [0, 0.1) is 19.7 Å². The second-order valence-corrected chi connectivity index (χ2v) is 7.84. The highest BCUT2D eigenvalue weighted by Gasteiger charge is 2.20. The molecule has 31 heavy (non-hydrogen) atoms. The van der Waals surface area contributed by atoms with E-state index >= 15 is 0 Å². The average molecular weight is 455 g/mol. The van der Waals surface area contributed by atoms with Gasteiger partial charge < -0.3 is 5.32 Å². The van der Waals surface area contributed by atoms with Crippen molar-refractivity contribution < 1.29 is 9.18 Å². The molecular weight excluding hydrogens is 438 g/mol. The van der Waals surface area contributed by atoms with Crippen LogP contribution in [0.15, 0.2) is 60.7 Å². The second kappa shape index (κ2) is 8.49. The summed E-state index contributed by atoms with van der Waals surface area (Å²) < 4.78 is 14.9. The van der Waals surface area contributed by atoms with Gasteiger partial charge in [-0.15, -0.1) is 5.10 Å². The smallest absolute Gasteiger partial charge is 0.295 e. The van der Waals surface area contributed by atoms with Crippen LogP contribution in [0.1, 0.15) is 21.7 Å². The van der Waals surface area contributed by atoms with Crippen LogP contribution < -0.4 is 5.32 Å². The Morgan fingerprint density at radius 2 is 1.68 bits per heavy atom. The Bertz CT molecular complexity index is 1290. The molecule has 0 unspecified atom stereocenters. The highest BCUT2D eigenvalue weighted by molar-refractivity contribution is 6.42. The second-order valence-electron chi connectivity index (χ2n) is 7.03. The topological polar surface area (TPSA) is 59.8 Å². The van der Waals surface area contributed by atoms with E-state index in [1.165, 1.54) is 16.8 Å². The lowest BCUT2D eigenvalue weighted by Crippen LogP contribution is -2.14. The maximum Gasteiger partial charge on any atom is 0.295 e. The number of rotatable bonds is 4. The van der Waals surface area contributed by atoms with E-state index in [4.69, 9.17) is 23.2 Å². The molecule has 8 heteroatoms. The fraction of sp³-hybridized carbons (Fsp3) is 0.0870. The molecule has 0 radical (unpaired) electrons. The van der Waals surface area contributed by atoms with Gasteiger partial charge in [0.25, 0.3) is 5.91 Å². The number of nitrogens with one attached hydrogen (secondary N) is 1. The van der Waals surface area contributed by atoms with Crippen molar-refractivity contribution in [1.82, 2.24) is 14.8 Å².